The number of benzene rings is 2. The van der Waals surface area contributed by atoms with Crippen LogP contribution < -0.4 is 0 Å². The fourth-order valence-corrected chi connectivity index (χ4v) is 7.47. The molecular formula is C28H42S3. The highest BCUT2D eigenvalue weighted by molar-refractivity contribution is 8.00. The molecule has 0 aliphatic heterocycles. The van der Waals surface area contributed by atoms with Crippen LogP contribution in [0.15, 0.2) is 43.8 Å². The van der Waals surface area contributed by atoms with Gasteiger partial charge in [-0.3, -0.25) is 0 Å². The molecule has 0 radical (unpaired) electrons. The zero-order valence-electron chi connectivity index (χ0n) is 20.6. The molecule has 0 nitrogen and oxygen atoms in total. The van der Waals surface area contributed by atoms with Gasteiger partial charge in [0.15, 0.2) is 0 Å². The van der Waals surface area contributed by atoms with Gasteiger partial charge >= 0.3 is 0 Å². The molecule has 0 spiro atoms. The molecule has 0 bridgehead atoms. The highest BCUT2D eigenvalue weighted by Crippen LogP contribution is 2.40. The van der Waals surface area contributed by atoms with E-state index in [0.29, 0.717) is 0 Å². The van der Waals surface area contributed by atoms with Gasteiger partial charge in [0, 0.05) is 19.6 Å². The van der Waals surface area contributed by atoms with Crippen molar-refractivity contribution in [3.05, 3.63) is 46.5 Å². The first-order valence-corrected chi connectivity index (χ1v) is 15.1. The van der Waals surface area contributed by atoms with Crippen LogP contribution in [0, 0.1) is 0 Å². The van der Waals surface area contributed by atoms with E-state index >= 15 is 0 Å². The van der Waals surface area contributed by atoms with E-state index in [2.05, 4.69) is 89.3 Å². The summed E-state index contributed by atoms with van der Waals surface area (Å²) in [6, 6.07) is 9.96. The second-order valence-electron chi connectivity index (χ2n) is 8.06. The number of thioether (sulfide) groups is 2. The van der Waals surface area contributed by atoms with Crippen molar-refractivity contribution in [3.63, 3.8) is 0 Å². The Morgan fingerprint density at radius 2 is 0.806 bits per heavy atom. The molecule has 2 aromatic carbocycles. The largest absolute Gasteiger partial charge is 0.126 e. The first-order valence-electron chi connectivity index (χ1n) is 12.4. The minimum absolute atomic E-state index is 1.10. The maximum absolute atomic E-state index is 2.49. The summed E-state index contributed by atoms with van der Waals surface area (Å²) < 4.78 is 0. The standard InChI is InChI=1S/C28H42S3/c1-7-13-15-29-25-17-23(11-5)27(19-21(25)9-3)31-28-20-22(10-4)26(18-24(28)12-6)30-16-14-8-2/h17-20H,7-16H2,1-6H3. The van der Waals surface area contributed by atoms with E-state index in [4.69, 9.17) is 0 Å². The van der Waals surface area contributed by atoms with Gasteiger partial charge in [0.1, 0.15) is 0 Å². The van der Waals surface area contributed by atoms with Crippen molar-refractivity contribution in [2.24, 2.45) is 0 Å². The molecule has 0 aliphatic rings. The zero-order chi connectivity index (χ0) is 22.6. The van der Waals surface area contributed by atoms with Gasteiger partial charge in [-0.05, 0) is 96.5 Å². The summed E-state index contributed by atoms with van der Waals surface area (Å²) in [6.45, 7) is 13.8. The van der Waals surface area contributed by atoms with Crippen molar-refractivity contribution < 1.29 is 0 Å². The van der Waals surface area contributed by atoms with Crippen LogP contribution >= 0.6 is 35.3 Å². The van der Waals surface area contributed by atoms with Crippen LogP contribution in [0.25, 0.3) is 0 Å². The van der Waals surface area contributed by atoms with E-state index in [-0.39, 0.29) is 0 Å². The molecule has 0 N–H and O–H groups in total. The van der Waals surface area contributed by atoms with Crippen molar-refractivity contribution in [1.82, 2.24) is 0 Å². The SMILES string of the molecule is CCCCSc1cc(CC)c(Sc2cc(CC)c(SCCCC)cc2CC)cc1CC. The summed E-state index contributed by atoms with van der Waals surface area (Å²) in [5, 5.41) is 0. The first-order chi connectivity index (χ1) is 15.1. The smallest absolute Gasteiger partial charge is 0.0157 e. The quantitative estimate of drug-likeness (QED) is 0.197. The molecule has 0 aliphatic carbocycles. The third kappa shape index (κ3) is 7.79. The number of hydrogen-bond acceptors (Lipinski definition) is 3. The van der Waals surface area contributed by atoms with Gasteiger partial charge in [-0.15, -0.1) is 23.5 Å². The Labute approximate surface area is 205 Å². The Hall–Kier alpha value is -0.510. The van der Waals surface area contributed by atoms with Crippen molar-refractivity contribution in [3.8, 4) is 0 Å². The average Bonchev–Trinajstić information content (AvgIpc) is 2.80. The Balaban J connectivity index is 2.37. The molecule has 0 aromatic heterocycles. The second kappa shape index (κ2) is 14.6. The molecule has 0 saturated carbocycles. The zero-order valence-corrected chi connectivity index (χ0v) is 23.1. The van der Waals surface area contributed by atoms with Crippen LogP contribution in [0.1, 0.15) is 89.5 Å². The van der Waals surface area contributed by atoms with Crippen molar-refractivity contribution in [2.45, 2.75) is 112 Å². The molecular weight excluding hydrogens is 433 g/mol. The fourth-order valence-electron chi connectivity index (χ4n) is 3.62. The molecule has 2 aromatic rings. The lowest BCUT2D eigenvalue weighted by Crippen LogP contribution is -1.97. The Bertz CT molecular complexity index is 743. The van der Waals surface area contributed by atoms with Gasteiger partial charge in [0.05, 0.1) is 0 Å². The van der Waals surface area contributed by atoms with Crippen LogP contribution in [0.2, 0.25) is 0 Å². The third-order valence-corrected chi connectivity index (χ3v) is 9.31. The molecule has 31 heavy (non-hydrogen) atoms. The summed E-state index contributed by atoms with van der Waals surface area (Å²) in [7, 11) is 0. The van der Waals surface area contributed by atoms with Gasteiger partial charge in [-0.25, -0.2) is 0 Å². The van der Waals surface area contributed by atoms with Gasteiger partial charge < -0.3 is 0 Å². The lowest BCUT2D eigenvalue weighted by atomic mass is 10.1. The van der Waals surface area contributed by atoms with Gasteiger partial charge in [-0.1, -0.05) is 66.1 Å². The van der Waals surface area contributed by atoms with Gasteiger partial charge in [-0.2, -0.15) is 0 Å². The van der Waals surface area contributed by atoms with E-state index in [0.717, 1.165) is 25.7 Å². The minimum atomic E-state index is 1.10. The van der Waals surface area contributed by atoms with E-state index in [1.807, 2.05) is 11.8 Å². The molecule has 172 valence electrons. The lowest BCUT2D eigenvalue weighted by molar-refractivity contribution is 0.894. The summed E-state index contributed by atoms with van der Waals surface area (Å²) in [5.41, 5.74) is 6.04. The highest BCUT2D eigenvalue weighted by Gasteiger charge is 2.14. The predicted octanol–water partition coefficient (Wildman–Crippen LogP) is 9.87. The first kappa shape index (κ1) is 26.7. The van der Waals surface area contributed by atoms with E-state index in [9.17, 15) is 0 Å². The summed E-state index contributed by atoms with van der Waals surface area (Å²) in [6.07, 6.45) is 9.56. The maximum Gasteiger partial charge on any atom is 0.0157 e. The molecule has 0 heterocycles. The Morgan fingerprint density at radius 1 is 0.484 bits per heavy atom. The highest BCUT2D eigenvalue weighted by atomic mass is 32.2. The lowest BCUT2D eigenvalue weighted by Gasteiger charge is -2.18. The Kier molecular flexibility index (Phi) is 12.6. The van der Waals surface area contributed by atoms with Crippen LogP contribution in [0.4, 0.5) is 0 Å². The number of hydrogen-bond donors (Lipinski definition) is 0. The van der Waals surface area contributed by atoms with Crippen LogP contribution in [-0.4, -0.2) is 11.5 Å². The van der Waals surface area contributed by atoms with Crippen LogP contribution in [0.3, 0.4) is 0 Å². The van der Waals surface area contributed by atoms with Crippen molar-refractivity contribution in [2.75, 3.05) is 11.5 Å². The molecule has 3 heteroatoms. The van der Waals surface area contributed by atoms with Crippen LogP contribution in [0.5, 0.6) is 0 Å². The molecule has 0 amide bonds. The number of rotatable bonds is 14. The van der Waals surface area contributed by atoms with Gasteiger partial charge in [0.2, 0.25) is 0 Å². The number of aryl methyl sites for hydroxylation is 4. The molecule has 0 saturated heterocycles. The summed E-state index contributed by atoms with van der Waals surface area (Å²) >= 11 is 6.11. The summed E-state index contributed by atoms with van der Waals surface area (Å²) in [4.78, 5) is 5.93. The second-order valence-corrected chi connectivity index (χ2v) is 11.4. The van der Waals surface area contributed by atoms with E-state index in [1.54, 1.807) is 0 Å². The Morgan fingerprint density at radius 3 is 1.13 bits per heavy atom. The van der Waals surface area contributed by atoms with E-state index < -0.39 is 0 Å². The van der Waals surface area contributed by atoms with Crippen LogP contribution in [-0.2, 0) is 25.7 Å². The monoisotopic (exact) mass is 474 g/mol. The third-order valence-electron chi connectivity index (χ3n) is 5.74. The van der Waals surface area contributed by atoms with Crippen molar-refractivity contribution in [1.29, 1.82) is 0 Å². The maximum atomic E-state index is 2.49. The minimum Gasteiger partial charge on any atom is -0.126 e. The molecule has 0 atom stereocenters. The molecule has 0 fully saturated rings. The van der Waals surface area contributed by atoms with Gasteiger partial charge in [0.25, 0.3) is 0 Å². The summed E-state index contributed by atoms with van der Waals surface area (Å²) in [5.74, 6) is 2.46. The molecule has 0 unspecified atom stereocenters. The van der Waals surface area contributed by atoms with Crippen molar-refractivity contribution >= 4 is 35.3 Å². The normalized spacial score (nSPS) is 11.3. The van der Waals surface area contributed by atoms with E-state index in [1.165, 1.54) is 79.0 Å². The molecule has 2 rings (SSSR count). The predicted molar refractivity (Wildman–Crippen MR) is 146 cm³/mol. The topological polar surface area (TPSA) is 0 Å². The fraction of sp³-hybridized carbons (Fsp3) is 0.571. The number of unbranched alkanes of at least 4 members (excludes halogenated alkanes) is 2. The average molecular weight is 475 g/mol.